The first-order chi connectivity index (χ1) is 5.70. The molecule has 0 saturated carbocycles. The summed E-state index contributed by atoms with van der Waals surface area (Å²) < 4.78 is 5.21. The van der Waals surface area contributed by atoms with Crippen LogP contribution in [0.2, 0.25) is 0 Å². The van der Waals surface area contributed by atoms with E-state index in [2.05, 4.69) is 0 Å². The van der Waals surface area contributed by atoms with E-state index in [4.69, 9.17) is 9.84 Å². The highest BCUT2D eigenvalue weighted by Crippen LogP contribution is 2.29. The van der Waals surface area contributed by atoms with E-state index >= 15 is 0 Å². The number of fused-ring (bicyclic) bond motifs is 1. The van der Waals surface area contributed by atoms with Crippen molar-refractivity contribution in [3.8, 4) is 0 Å². The monoisotopic (exact) mass is 173 g/mol. The average molecular weight is 173 g/mol. The van der Waals surface area contributed by atoms with E-state index in [1.165, 1.54) is 4.90 Å². The van der Waals surface area contributed by atoms with Crippen molar-refractivity contribution in [2.75, 3.05) is 13.2 Å². The minimum atomic E-state index is -0.966. The van der Waals surface area contributed by atoms with E-state index in [-0.39, 0.29) is 18.8 Å². The van der Waals surface area contributed by atoms with Gasteiger partial charge in [0.25, 0.3) is 0 Å². The van der Waals surface area contributed by atoms with Crippen LogP contribution >= 0.6 is 0 Å². The molecule has 0 aromatic carbocycles. The van der Waals surface area contributed by atoms with Gasteiger partial charge in [0, 0.05) is 6.54 Å². The zero-order valence-electron chi connectivity index (χ0n) is 6.51. The van der Waals surface area contributed by atoms with Crippen molar-refractivity contribution in [1.29, 1.82) is 0 Å². The zero-order valence-corrected chi connectivity index (χ0v) is 6.51. The second kappa shape index (κ2) is 2.60. The molecule has 5 heteroatoms. The number of ether oxygens (including phenoxy) is 1. The van der Waals surface area contributed by atoms with Crippen LogP contribution in [0.3, 0.4) is 0 Å². The minimum Gasteiger partial charge on any atom is -0.465 e. The Morgan fingerprint density at radius 3 is 3.00 bits per heavy atom. The van der Waals surface area contributed by atoms with E-state index < -0.39 is 12.2 Å². The molecule has 2 heterocycles. The molecule has 12 heavy (non-hydrogen) atoms. The van der Waals surface area contributed by atoms with Crippen molar-refractivity contribution in [3.05, 3.63) is 0 Å². The Balaban J connectivity index is 2.14. The number of likely N-dealkylation sites (tertiary alicyclic amines) is 1. The van der Waals surface area contributed by atoms with Crippen LogP contribution in [0.4, 0.5) is 4.79 Å². The third-order valence-electron chi connectivity index (χ3n) is 2.52. The molecular formula is C7H11NO4. The van der Waals surface area contributed by atoms with Crippen molar-refractivity contribution in [2.24, 2.45) is 0 Å². The van der Waals surface area contributed by atoms with Gasteiger partial charge < -0.3 is 14.9 Å². The van der Waals surface area contributed by atoms with Crippen molar-refractivity contribution in [3.63, 3.8) is 0 Å². The first kappa shape index (κ1) is 7.82. The molecule has 0 aliphatic carbocycles. The molecule has 2 aliphatic rings. The summed E-state index contributed by atoms with van der Waals surface area (Å²) in [6.45, 7) is 0.737. The number of aliphatic hydroxyl groups is 1. The van der Waals surface area contributed by atoms with Crippen molar-refractivity contribution in [2.45, 2.75) is 24.7 Å². The molecule has 2 fully saturated rings. The fourth-order valence-electron chi connectivity index (χ4n) is 1.97. The van der Waals surface area contributed by atoms with Crippen LogP contribution in [-0.2, 0) is 4.74 Å². The number of aliphatic hydroxyl groups excluding tert-OH is 1. The van der Waals surface area contributed by atoms with E-state index in [1.54, 1.807) is 0 Å². The van der Waals surface area contributed by atoms with Crippen molar-refractivity contribution < 1.29 is 19.7 Å². The molecular weight excluding hydrogens is 162 g/mol. The minimum absolute atomic E-state index is 0.0869. The normalized spacial score (nSPS) is 40.1. The molecule has 2 N–H and O–H groups in total. The first-order valence-corrected chi connectivity index (χ1v) is 3.99. The van der Waals surface area contributed by atoms with Gasteiger partial charge in [-0.15, -0.1) is 0 Å². The van der Waals surface area contributed by atoms with Crippen LogP contribution in [0.1, 0.15) is 6.42 Å². The van der Waals surface area contributed by atoms with Gasteiger partial charge in [0.1, 0.15) is 6.10 Å². The van der Waals surface area contributed by atoms with Gasteiger partial charge in [0.2, 0.25) is 0 Å². The molecule has 3 unspecified atom stereocenters. The number of amides is 1. The smallest absolute Gasteiger partial charge is 0.407 e. The van der Waals surface area contributed by atoms with Crippen molar-refractivity contribution >= 4 is 6.09 Å². The quantitative estimate of drug-likeness (QED) is 0.518. The molecule has 1 amide bonds. The summed E-state index contributed by atoms with van der Waals surface area (Å²) in [5.41, 5.74) is 0. The van der Waals surface area contributed by atoms with E-state index in [1.807, 2.05) is 0 Å². The summed E-state index contributed by atoms with van der Waals surface area (Å²) in [4.78, 5) is 11.9. The fraction of sp³-hybridized carbons (Fsp3) is 0.857. The van der Waals surface area contributed by atoms with Gasteiger partial charge in [-0.3, -0.25) is 4.90 Å². The number of carbonyl (C=O) groups is 1. The highest BCUT2D eigenvalue weighted by molar-refractivity contribution is 5.66. The average Bonchev–Trinajstić information content (AvgIpc) is 2.53. The van der Waals surface area contributed by atoms with Crippen molar-refractivity contribution in [1.82, 2.24) is 4.90 Å². The molecule has 2 saturated heterocycles. The molecule has 0 aromatic rings. The van der Waals surface area contributed by atoms with E-state index in [0.717, 1.165) is 0 Å². The number of carboxylic acid groups (broad SMARTS) is 1. The zero-order chi connectivity index (χ0) is 8.72. The van der Waals surface area contributed by atoms with Crippen LogP contribution in [0.15, 0.2) is 0 Å². The lowest BCUT2D eigenvalue weighted by atomic mass is 10.1. The predicted octanol–water partition coefficient (Wildman–Crippen LogP) is -0.502. The second-order valence-electron chi connectivity index (χ2n) is 3.19. The maximum Gasteiger partial charge on any atom is 0.407 e. The Kier molecular flexibility index (Phi) is 1.69. The largest absolute Gasteiger partial charge is 0.465 e. The van der Waals surface area contributed by atoms with Gasteiger partial charge in [-0.2, -0.15) is 0 Å². The fourth-order valence-corrected chi connectivity index (χ4v) is 1.97. The SMILES string of the molecule is O=C(O)N1CCC2OCC(O)C21. The highest BCUT2D eigenvalue weighted by atomic mass is 16.5. The van der Waals surface area contributed by atoms with Crippen LogP contribution < -0.4 is 0 Å². The van der Waals surface area contributed by atoms with Gasteiger partial charge in [0.05, 0.1) is 18.8 Å². The lowest BCUT2D eigenvalue weighted by Gasteiger charge is -2.21. The van der Waals surface area contributed by atoms with Gasteiger partial charge in [-0.25, -0.2) is 4.79 Å². The summed E-state index contributed by atoms with van der Waals surface area (Å²) in [5.74, 6) is 0. The Morgan fingerprint density at radius 2 is 2.33 bits per heavy atom. The summed E-state index contributed by atoms with van der Waals surface area (Å²) in [7, 11) is 0. The van der Waals surface area contributed by atoms with Gasteiger partial charge in [-0.05, 0) is 6.42 Å². The molecule has 2 aliphatic heterocycles. The maximum atomic E-state index is 10.6. The highest BCUT2D eigenvalue weighted by Gasteiger charge is 2.46. The van der Waals surface area contributed by atoms with Gasteiger partial charge in [-0.1, -0.05) is 0 Å². The van der Waals surface area contributed by atoms with Gasteiger partial charge >= 0.3 is 6.09 Å². The Hall–Kier alpha value is -0.810. The number of rotatable bonds is 0. The Morgan fingerprint density at radius 1 is 1.58 bits per heavy atom. The van der Waals surface area contributed by atoms with E-state index in [9.17, 15) is 9.90 Å². The maximum absolute atomic E-state index is 10.6. The third kappa shape index (κ3) is 0.971. The van der Waals surface area contributed by atoms with Gasteiger partial charge in [0.15, 0.2) is 0 Å². The summed E-state index contributed by atoms with van der Waals surface area (Å²) in [6, 6.07) is -0.331. The summed E-state index contributed by atoms with van der Waals surface area (Å²) in [5, 5.41) is 18.1. The lowest BCUT2D eigenvalue weighted by molar-refractivity contribution is 0.0784. The summed E-state index contributed by atoms with van der Waals surface area (Å²) >= 11 is 0. The predicted molar refractivity (Wildman–Crippen MR) is 38.9 cm³/mol. The lowest BCUT2D eigenvalue weighted by Crippen LogP contribution is -2.43. The molecule has 0 spiro atoms. The van der Waals surface area contributed by atoms with Crippen LogP contribution in [0.25, 0.3) is 0 Å². The third-order valence-corrected chi connectivity index (χ3v) is 2.52. The Labute approximate surface area is 69.5 Å². The topological polar surface area (TPSA) is 70.0 Å². The van der Waals surface area contributed by atoms with E-state index in [0.29, 0.717) is 13.0 Å². The van der Waals surface area contributed by atoms with Crippen LogP contribution in [0.5, 0.6) is 0 Å². The molecule has 0 bridgehead atoms. The summed E-state index contributed by atoms with van der Waals surface area (Å²) in [6.07, 6.45) is -0.995. The molecule has 0 aromatic heterocycles. The van der Waals surface area contributed by atoms with Crippen LogP contribution in [-0.4, -0.2) is 52.6 Å². The number of nitrogens with zero attached hydrogens (tertiary/aromatic N) is 1. The molecule has 68 valence electrons. The molecule has 2 rings (SSSR count). The molecule has 5 nitrogen and oxygen atoms in total. The Bertz CT molecular complexity index is 208. The molecule has 3 atom stereocenters. The second-order valence-corrected chi connectivity index (χ2v) is 3.19. The number of hydrogen-bond acceptors (Lipinski definition) is 3. The first-order valence-electron chi connectivity index (χ1n) is 3.99. The number of hydrogen-bond donors (Lipinski definition) is 2. The molecule has 0 radical (unpaired) electrons. The standard InChI is InChI=1S/C7H11NO4/c9-4-3-12-5-1-2-8(6(4)5)7(10)11/h4-6,9H,1-3H2,(H,10,11). The van der Waals surface area contributed by atoms with Crippen LogP contribution in [0, 0.1) is 0 Å².